The molecule has 3 aromatic rings. The van der Waals surface area contributed by atoms with E-state index in [1.165, 1.54) is 4.31 Å². The van der Waals surface area contributed by atoms with Crippen LogP contribution >= 0.6 is 0 Å². The average Bonchev–Trinajstić information content (AvgIpc) is 3.22. The third kappa shape index (κ3) is 3.01. The number of amides is 1. The SMILES string of the molecule is O=C(NCc1nnc2ccccn12)c1ccc(N2CCCS2(=O)=O)cc1. The molecule has 0 saturated carbocycles. The lowest BCUT2D eigenvalue weighted by molar-refractivity contribution is 0.0950. The Kier molecular flexibility index (Phi) is 4.08. The highest BCUT2D eigenvalue weighted by atomic mass is 32.2. The van der Waals surface area contributed by atoms with Crippen molar-refractivity contribution >= 4 is 27.3 Å². The van der Waals surface area contributed by atoms with E-state index in [0.717, 1.165) is 0 Å². The molecule has 8 nitrogen and oxygen atoms in total. The van der Waals surface area contributed by atoms with Gasteiger partial charge in [-0.15, -0.1) is 10.2 Å². The minimum Gasteiger partial charge on any atom is -0.345 e. The van der Waals surface area contributed by atoms with Crippen molar-refractivity contribution in [2.24, 2.45) is 0 Å². The summed E-state index contributed by atoms with van der Waals surface area (Å²) in [5.74, 6) is 0.545. The van der Waals surface area contributed by atoms with Crippen molar-refractivity contribution < 1.29 is 13.2 Å². The van der Waals surface area contributed by atoms with Crippen LogP contribution in [0.5, 0.6) is 0 Å². The van der Waals surface area contributed by atoms with Gasteiger partial charge in [0, 0.05) is 18.3 Å². The monoisotopic (exact) mass is 371 g/mol. The number of carbonyl (C=O) groups is 1. The minimum atomic E-state index is -3.22. The highest BCUT2D eigenvalue weighted by Crippen LogP contribution is 2.24. The van der Waals surface area contributed by atoms with Crippen LogP contribution in [0, 0.1) is 0 Å². The van der Waals surface area contributed by atoms with Gasteiger partial charge in [0.2, 0.25) is 10.0 Å². The Morgan fingerprint density at radius 1 is 1.12 bits per heavy atom. The quantitative estimate of drug-likeness (QED) is 0.743. The second-order valence-electron chi connectivity index (χ2n) is 6.02. The molecule has 1 fully saturated rings. The maximum absolute atomic E-state index is 12.3. The molecule has 4 rings (SSSR count). The van der Waals surface area contributed by atoms with Gasteiger partial charge in [0.1, 0.15) is 0 Å². The van der Waals surface area contributed by atoms with Crippen LogP contribution < -0.4 is 9.62 Å². The van der Waals surface area contributed by atoms with Crippen molar-refractivity contribution in [1.29, 1.82) is 0 Å². The summed E-state index contributed by atoms with van der Waals surface area (Å²) >= 11 is 0. The molecule has 1 N–H and O–H groups in total. The fourth-order valence-corrected chi connectivity index (χ4v) is 4.55. The molecule has 1 amide bonds. The molecule has 0 radical (unpaired) electrons. The number of rotatable bonds is 4. The van der Waals surface area contributed by atoms with Crippen LogP contribution in [-0.4, -0.2) is 41.2 Å². The van der Waals surface area contributed by atoms with E-state index in [-0.39, 0.29) is 18.2 Å². The fourth-order valence-electron chi connectivity index (χ4n) is 2.98. The number of pyridine rings is 1. The summed E-state index contributed by atoms with van der Waals surface area (Å²) < 4.78 is 27.1. The number of fused-ring (bicyclic) bond motifs is 1. The Labute approximate surface area is 150 Å². The van der Waals surface area contributed by atoms with Gasteiger partial charge >= 0.3 is 0 Å². The van der Waals surface area contributed by atoms with Crippen molar-refractivity contribution in [3.05, 3.63) is 60.0 Å². The molecule has 26 heavy (non-hydrogen) atoms. The molecule has 0 bridgehead atoms. The zero-order valence-electron chi connectivity index (χ0n) is 13.9. The van der Waals surface area contributed by atoms with E-state index in [9.17, 15) is 13.2 Å². The molecule has 0 spiro atoms. The highest BCUT2D eigenvalue weighted by molar-refractivity contribution is 7.93. The fraction of sp³-hybridized carbons (Fsp3) is 0.235. The molecular formula is C17H17N5O3S. The van der Waals surface area contributed by atoms with Crippen molar-refractivity contribution in [3.8, 4) is 0 Å². The number of sulfonamides is 1. The zero-order valence-corrected chi connectivity index (χ0v) is 14.7. The van der Waals surface area contributed by atoms with E-state index in [2.05, 4.69) is 15.5 Å². The van der Waals surface area contributed by atoms with Gasteiger partial charge < -0.3 is 5.32 Å². The first-order valence-electron chi connectivity index (χ1n) is 8.22. The van der Waals surface area contributed by atoms with E-state index in [1.807, 2.05) is 28.8 Å². The Hall–Kier alpha value is -2.94. The van der Waals surface area contributed by atoms with Gasteiger partial charge in [-0.05, 0) is 42.8 Å². The number of benzene rings is 1. The highest BCUT2D eigenvalue weighted by Gasteiger charge is 2.28. The van der Waals surface area contributed by atoms with Crippen LogP contribution in [-0.2, 0) is 16.6 Å². The van der Waals surface area contributed by atoms with Gasteiger partial charge in [-0.25, -0.2) is 8.42 Å². The third-order valence-corrected chi connectivity index (χ3v) is 6.18. The first kappa shape index (κ1) is 16.5. The number of aromatic nitrogens is 3. The average molecular weight is 371 g/mol. The second-order valence-corrected chi connectivity index (χ2v) is 8.03. The van der Waals surface area contributed by atoms with Crippen molar-refractivity contribution in [1.82, 2.24) is 19.9 Å². The van der Waals surface area contributed by atoms with Crippen LogP contribution in [0.15, 0.2) is 48.7 Å². The summed E-state index contributed by atoms with van der Waals surface area (Å²) in [5, 5.41) is 10.9. The molecule has 134 valence electrons. The maximum atomic E-state index is 12.3. The second kappa shape index (κ2) is 6.41. The number of hydrogen-bond donors (Lipinski definition) is 1. The minimum absolute atomic E-state index is 0.168. The molecule has 1 aliphatic heterocycles. The standard InChI is InChI=1S/C17H17N5O3S/c23-17(18-12-16-20-19-15-4-1-2-9-21(15)16)13-5-7-14(8-6-13)22-10-3-11-26(22,24)25/h1-2,4-9H,3,10-12H2,(H,18,23). The Morgan fingerprint density at radius 3 is 2.65 bits per heavy atom. The van der Waals surface area contributed by atoms with Crippen LogP contribution in [0.2, 0.25) is 0 Å². The van der Waals surface area contributed by atoms with Gasteiger partial charge in [-0.1, -0.05) is 6.07 Å². The van der Waals surface area contributed by atoms with E-state index in [1.54, 1.807) is 24.3 Å². The lowest BCUT2D eigenvalue weighted by atomic mass is 10.2. The van der Waals surface area contributed by atoms with Crippen LogP contribution in [0.4, 0.5) is 5.69 Å². The van der Waals surface area contributed by atoms with Crippen LogP contribution in [0.1, 0.15) is 22.6 Å². The van der Waals surface area contributed by atoms with Crippen molar-refractivity contribution in [3.63, 3.8) is 0 Å². The van der Waals surface area contributed by atoms with Gasteiger partial charge in [0.05, 0.1) is 18.0 Å². The summed E-state index contributed by atoms with van der Waals surface area (Å²) in [6.07, 6.45) is 2.46. The molecule has 2 aromatic heterocycles. The van der Waals surface area contributed by atoms with Crippen LogP contribution in [0.25, 0.3) is 5.65 Å². The summed E-state index contributed by atoms with van der Waals surface area (Å²) in [6, 6.07) is 12.1. The first-order chi connectivity index (χ1) is 12.5. The number of nitrogens with zero attached hydrogens (tertiary/aromatic N) is 4. The van der Waals surface area contributed by atoms with E-state index in [0.29, 0.717) is 35.7 Å². The van der Waals surface area contributed by atoms with Gasteiger partial charge in [0.25, 0.3) is 5.91 Å². The normalized spacial score (nSPS) is 16.1. The van der Waals surface area contributed by atoms with E-state index >= 15 is 0 Å². The lowest BCUT2D eigenvalue weighted by Crippen LogP contribution is -2.26. The number of carbonyl (C=O) groups excluding carboxylic acids is 1. The summed E-state index contributed by atoms with van der Waals surface area (Å²) in [7, 11) is -3.22. The molecular weight excluding hydrogens is 354 g/mol. The number of nitrogens with one attached hydrogen (secondary N) is 1. The van der Waals surface area contributed by atoms with E-state index in [4.69, 9.17) is 0 Å². The molecule has 0 unspecified atom stereocenters. The largest absolute Gasteiger partial charge is 0.345 e. The summed E-state index contributed by atoms with van der Waals surface area (Å²) in [5.41, 5.74) is 1.76. The Bertz CT molecular complexity index is 1060. The molecule has 1 aromatic carbocycles. The first-order valence-corrected chi connectivity index (χ1v) is 9.83. The summed E-state index contributed by atoms with van der Waals surface area (Å²) in [6.45, 7) is 0.722. The lowest BCUT2D eigenvalue weighted by Gasteiger charge is -2.17. The van der Waals surface area contributed by atoms with Gasteiger partial charge in [-0.3, -0.25) is 13.5 Å². The predicted molar refractivity (Wildman–Crippen MR) is 96.3 cm³/mol. The summed E-state index contributed by atoms with van der Waals surface area (Å²) in [4.78, 5) is 12.3. The topological polar surface area (TPSA) is 96.7 Å². The Morgan fingerprint density at radius 2 is 1.92 bits per heavy atom. The molecule has 0 aliphatic carbocycles. The number of anilines is 1. The van der Waals surface area contributed by atoms with Crippen molar-refractivity contribution in [2.75, 3.05) is 16.6 Å². The zero-order chi connectivity index (χ0) is 18.1. The molecule has 1 aliphatic rings. The third-order valence-electron chi connectivity index (χ3n) is 4.31. The van der Waals surface area contributed by atoms with Crippen LogP contribution in [0.3, 0.4) is 0 Å². The predicted octanol–water partition coefficient (Wildman–Crippen LogP) is 1.20. The smallest absolute Gasteiger partial charge is 0.251 e. The molecule has 0 atom stereocenters. The van der Waals surface area contributed by atoms with Gasteiger partial charge in [-0.2, -0.15) is 0 Å². The number of hydrogen-bond acceptors (Lipinski definition) is 5. The van der Waals surface area contributed by atoms with Gasteiger partial charge in [0.15, 0.2) is 11.5 Å². The molecule has 3 heterocycles. The molecule has 1 saturated heterocycles. The van der Waals surface area contributed by atoms with Crippen molar-refractivity contribution in [2.45, 2.75) is 13.0 Å². The maximum Gasteiger partial charge on any atom is 0.251 e. The molecule has 9 heteroatoms. The Balaban J connectivity index is 1.45. The van der Waals surface area contributed by atoms with E-state index < -0.39 is 10.0 Å².